The predicted molar refractivity (Wildman–Crippen MR) is 78.9 cm³/mol. The number of aliphatic hydroxyl groups is 1. The van der Waals surface area contributed by atoms with Crippen LogP contribution in [0.15, 0.2) is 18.2 Å². The van der Waals surface area contributed by atoms with Crippen LogP contribution in [-0.4, -0.2) is 42.2 Å². The smallest absolute Gasteiger partial charge is 0.260 e. The number of hydrogen-bond donors (Lipinski definition) is 1. The zero-order valence-corrected chi connectivity index (χ0v) is 12.0. The highest BCUT2D eigenvalue weighted by molar-refractivity contribution is 7.99. The van der Waals surface area contributed by atoms with Gasteiger partial charge in [-0.3, -0.25) is 4.79 Å². The zero-order valence-electron chi connectivity index (χ0n) is 11.2. The summed E-state index contributed by atoms with van der Waals surface area (Å²) in [5, 5.41) is 9.87. The fourth-order valence-corrected chi connectivity index (χ4v) is 3.79. The molecule has 19 heavy (non-hydrogen) atoms. The van der Waals surface area contributed by atoms with Crippen LogP contribution in [0.4, 0.5) is 11.4 Å². The monoisotopic (exact) mass is 278 g/mol. The second kappa shape index (κ2) is 4.72. The summed E-state index contributed by atoms with van der Waals surface area (Å²) in [5.41, 5.74) is 2.69. The molecule has 1 aromatic carbocycles. The summed E-state index contributed by atoms with van der Waals surface area (Å²) < 4.78 is 0. The molecule has 0 aliphatic carbocycles. The minimum absolute atomic E-state index is 0.241. The average molecular weight is 278 g/mol. The summed E-state index contributed by atoms with van der Waals surface area (Å²) in [6, 6.07) is 6.42. The van der Waals surface area contributed by atoms with Gasteiger partial charge in [-0.15, -0.1) is 0 Å². The number of aliphatic hydroxyl groups excluding tert-OH is 1. The lowest BCUT2D eigenvalue weighted by atomic mass is 10.1. The molecule has 2 heterocycles. The van der Waals surface area contributed by atoms with Gasteiger partial charge in [0.25, 0.3) is 5.91 Å². The number of hydrogen-bond acceptors (Lipinski definition) is 4. The van der Waals surface area contributed by atoms with Crippen molar-refractivity contribution in [2.75, 3.05) is 34.9 Å². The van der Waals surface area contributed by atoms with Gasteiger partial charge in [-0.1, -0.05) is 6.07 Å². The number of likely N-dealkylation sites (N-methyl/N-ethyl adjacent to an activating group) is 1. The topological polar surface area (TPSA) is 43.8 Å². The summed E-state index contributed by atoms with van der Waals surface area (Å²) in [7, 11) is 1.72. The van der Waals surface area contributed by atoms with Gasteiger partial charge < -0.3 is 14.9 Å². The van der Waals surface area contributed by atoms with Crippen molar-refractivity contribution >= 4 is 29.0 Å². The van der Waals surface area contributed by atoms with E-state index in [1.54, 1.807) is 11.9 Å². The minimum atomic E-state index is -0.997. The van der Waals surface area contributed by atoms with E-state index in [2.05, 4.69) is 11.8 Å². The molecule has 0 bridgehead atoms. The maximum Gasteiger partial charge on any atom is 0.260 e. The van der Waals surface area contributed by atoms with Gasteiger partial charge in [-0.05, 0) is 19.1 Å². The van der Waals surface area contributed by atoms with Gasteiger partial charge in [0, 0.05) is 42.4 Å². The first-order chi connectivity index (χ1) is 9.09. The third kappa shape index (κ3) is 2.01. The largest absolute Gasteiger partial charge is 0.378 e. The highest BCUT2D eigenvalue weighted by Gasteiger charge is 2.34. The minimum Gasteiger partial charge on any atom is -0.378 e. The average Bonchev–Trinajstić information content (AvgIpc) is 2.64. The highest BCUT2D eigenvalue weighted by Crippen LogP contribution is 2.38. The molecule has 1 amide bonds. The third-order valence-electron chi connectivity index (χ3n) is 3.93. The quantitative estimate of drug-likeness (QED) is 0.848. The number of amides is 1. The van der Waals surface area contributed by atoms with Crippen LogP contribution in [0.1, 0.15) is 18.6 Å². The number of thioether (sulfide) groups is 1. The van der Waals surface area contributed by atoms with Gasteiger partial charge in [0.15, 0.2) is 6.10 Å². The van der Waals surface area contributed by atoms with Crippen LogP contribution in [0.25, 0.3) is 0 Å². The van der Waals surface area contributed by atoms with E-state index in [-0.39, 0.29) is 5.91 Å². The lowest BCUT2D eigenvalue weighted by molar-refractivity contribution is -0.125. The Morgan fingerprint density at radius 3 is 2.95 bits per heavy atom. The molecule has 2 atom stereocenters. The molecule has 3 rings (SSSR count). The van der Waals surface area contributed by atoms with Gasteiger partial charge in [-0.25, -0.2) is 0 Å². The third-order valence-corrected chi connectivity index (χ3v) is 5.12. The molecule has 1 N–H and O–H groups in total. The van der Waals surface area contributed by atoms with Crippen molar-refractivity contribution in [3.05, 3.63) is 23.8 Å². The van der Waals surface area contributed by atoms with E-state index < -0.39 is 6.10 Å². The van der Waals surface area contributed by atoms with Gasteiger partial charge in [0.05, 0.1) is 5.69 Å². The number of rotatable bonds is 1. The Balaban J connectivity index is 1.96. The molecule has 1 saturated heterocycles. The number of benzene rings is 1. The lowest BCUT2D eigenvalue weighted by Gasteiger charge is -2.35. The molecule has 4 nitrogen and oxygen atoms in total. The number of nitrogens with zero attached hydrogens (tertiary/aromatic N) is 2. The standard InChI is InChI=1S/C14H18N2O2S/c1-9-8-19-6-5-16(9)10-3-4-11-12(7-10)15(2)14(18)13(11)17/h3-4,7,9,13,17H,5-6,8H2,1-2H3. The molecule has 0 saturated carbocycles. The first kappa shape index (κ1) is 12.8. The number of carbonyl (C=O) groups is 1. The SMILES string of the molecule is CC1CSCCN1c1ccc2c(c1)N(C)C(=O)C2O. The first-order valence-electron chi connectivity index (χ1n) is 6.53. The molecule has 0 radical (unpaired) electrons. The van der Waals surface area contributed by atoms with E-state index in [4.69, 9.17) is 0 Å². The molecular formula is C14H18N2O2S. The summed E-state index contributed by atoms with van der Waals surface area (Å²) in [5.74, 6) is 2.03. The van der Waals surface area contributed by atoms with E-state index in [0.717, 1.165) is 35.0 Å². The van der Waals surface area contributed by atoms with Crippen LogP contribution < -0.4 is 9.80 Å². The van der Waals surface area contributed by atoms with E-state index in [0.29, 0.717) is 6.04 Å². The Bertz CT molecular complexity index is 520. The van der Waals surface area contributed by atoms with E-state index in [9.17, 15) is 9.90 Å². The Kier molecular flexibility index (Phi) is 3.19. The molecule has 2 unspecified atom stereocenters. The van der Waals surface area contributed by atoms with Crippen LogP contribution in [-0.2, 0) is 4.79 Å². The second-order valence-electron chi connectivity index (χ2n) is 5.16. The summed E-state index contributed by atoms with van der Waals surface area (Å²) in [6.45, 7) is 3.26. The van der Waals surface area contributed by atoms with E-state index >= 15 is 0 Å². The van der Waals surface area contributed by atoms with Crippen LogP contribution in [0.5, 0.6) is 0 Å². The van der Waals surface area contributed by atoms with Crippen LogP contribution in [0.2, 0.25) is 0 Å². The summed E-state index contributed by atoms with van der Waals surface area (Å²) in [6.07, 6.45) is -0.997. The zero-order chi connectivity index (χ0) is 13.6. The van der Waals surface area contributed by atoms with Gasteiger partial charge in [-0.2, -0.15) is 11.8 Å². The van der Waals surface area contributed by atoms with Crippen molar-refractivity contribution in [2.45, 2.75) is 19.1 Å². The van der Waals surface area contributed by atoms with Crippen molar-refractivity contribution in [2.24, 2.45) is 0 Å². The Hall–Kier alpha value is -1.20. The maximum absolute atomic E-state index is 11.8. The number of carbonyl (C=O) groups excluding carboxylic acids is 1. The molecule has 1 fully saturated rings. The van der Waals surface area contributed by atoms with Crippen LogP contribution >= 0.6 is 11.8 Å². The van der Waals surface area contributed by atoms with Gasteiger partial charge >= 0.3 is 0 Å². The Labute approximate surface area is 117 Å². The van der Waals surface area contributed by atoms with Crippen molar-refractivity contribution in [1.29, 1.82) is 0 Å². The Morgan fingerprint density at radius 1 is 1.42 bits per heavy atom. The molecule has 5 heteroatoms. The van der Waals surface area contributed by atoms with Crippen molar-refractivity contribution in [1.82, 2.24) is 0 Å². The van der Waals surface area contributed by atoms with E-state index in [1.807, 2.05) is 30.0 Å². The van der Waals surface area contributed by atoms with Crippen molar-refractivity contribution < 1.29 is 9.90 Å². The lowest BCUT2D eigenvalue weighted by Crippen LogP contribution is -2.40. The van der Waals surface area contributed by atoms with Crippen LogP contribution in [0.3, 0.4) is 0 Å². The molecule has 0 aromatic heterocycles. The fourth-order valence-electron chi connectivity index (χ4n) is 2.78. The fraction of sp³-hybridized carbons (Fsp3) is 0.500. The first-order valence-corrected chi connectivity index (χ1v) is 7.69. The van der Waals surface area contributed by atoms with Crippen LogP contribution in [0, 0.1) is 0 Å². The summed E-state index contributed by atoms with van der Waals surface area (Å²) >= 11 is 1.98. The van der Waals surface area contributed by atoms with Crippen molar-refractivity contribution in [3.63, 3.8) is 0 Å². The summed E-state index contributed by atoms with van der Waals surface area (Å²) in [4.78, 5) is 15.7. The van der Waals surface area contributed by atoms with Gasteiger partial charge in [0.2, 0.25) is 0 Å². The van der Waals surface area contributed by atoms with Gasteiger partial charge in [0.1, 0.15) is 0 Å². The molecule has 2 aliphatic rings. The molecule has 102 valence electrons. The molecule has 0 spiro atoms. The number of fused-ring (bicyclic) bond motifs is 1. The predicted octanol–water partition coefficient (Wildman–Crippen LogP) is 1.64. The maximum atomic E-state index is 11.8. The second-order valence-corrected chi connectivity index (χ2v) is 6.31. The molecular weight excluding hydrogens is 260 g/mol. The molecule has 1 aromatic rings. The number of anilines is 2. The van der Waals surface area contributed by atoms with Crippen molar-refractivity contribution in [3.8, 4) is 0 Å². The highest BCUT2D eigenvalue weighted by atomic mass is 32.2. The van der Waals surface area contributed by atoms with E-state index in [1.165, 1.54) is 0 Å². The Morgan fingerprint density at radius 2 is 2.21 bits per heavy atom. The normalized spacial score (nSPS) is 26.8. The molecule has 2 aliphatic heterocycles.